The Hall–Kier alpha value is -3.60. The Morgan fingerprint density at radius 1 is 1.09 bits per heavy atom. The molecule has 0 radical (unpaired) electrons. The van der Waals surface area contributed by atoms with Crippen LogP contribution in [0.5, 0.6) is 0 Å². The van der Waals surface area contributed by atoms with Crippen LogP contribution in [0.15, 0.2) is 46.9 Å². The van der Waals surface area contributed by atoms with E-state index in [0.29, 0.717) is 55.3 Å². The van der Waals surface area contributed by atoms with Gasteiger partial charge >= 0.3 is 12.2 Å². The number of fused-ring (bicyclic) bond motifs is 1. The molecule has 8 nitrogen and oxygen atoms in total. The van der Waals surface area contributed by atoms with E-state index in [1.807, 2.05) is 0 Å². The Labute approximate surface area is 193 Å². The molecular weight excluding hydrogens is 451 g/mol. The zero-order valence-electron chi connectivity index (χ0n) is 18.7. The van der Waals surface area contributed by atoms with Gasteiger partial charge in [0, 0.05) is 51.5 Å². The molecule has 0 atom stereocenters. The highest BCUT2D eigenvalue weighted by Gasteiger charge is 2.31. The third-order valence-electron chi connectivity index (χ3n) is 5.54. The van der Waals surface area contributed by atoms with E-state index in [9.17, 15) is 22.8 Å². The lowest BCUT2D eigenvalue weighted by Crippen LogP contribution is -2.49. The molecule has 1 aliphatic rings. The molecule has 1 N–H and O–H groups in total. The van der Waals surface area contributed by atoms with Crippen molar-refractivity contribution in [1.82, 2.24) is 19.7 Å². The molecule has 3 amide bonds. The van der Waals surface area contributed by atoms with Crippen molar-refractivity contribution in [3.8, 4) is 0 Å². The van der Waals surface area contributed by atoms with Gasteiger partial charge in [0.15, 0.2) is 5.58 Å². The predicted octanol–water partition coefficient (Wildman–Crippen LogP) is 3.90. The minimum atomic E-state index is -4.47. The lowest BCUT2D eigenvalue weighted by Gasteiger charge is -2.34. The molecule has 2 heterocycles. The van der Waals surface area contributed by atoms with Crippen LogP contribution < -0.4 is 5.32 Å². The van der Waals surface area contributed by atoms with Gasteiger partial charge in [0.05, 0.1) is 12.1 Å². The zero-order valence-corrected chi connectivity index (χ0v) is 18.7. The molecule has 11 heteroatoms. The van der Waals surface area contributed by atoms with E-state index in [4.69, 9.17) is 4.42 Å². The number of oxazole rings is 1. The van der Waals surface area contributed by atoms with Crippen LogP contribution in [-0.2, 0) is 12.7 Å². The van der Waals surface area contributed by atoms with Gasteiger partial charge in [-0.1, -0.05) is 6.07 Å². The van der Waals surface area contributed by atoms with Crippen LogP contribution in [0.25, 0.3) is 11.1 Å². The van der Waals surface area contributed by atoms with E-state index < -0.39 is 17.8 Å². The molecule has 1 saturated heterocycles. The summed E-state index contributed by atoms with van der Waals surface area (Å²) in [5.74, 6) is 0.386. The first-order valence-corrected chi connectivity index (χ1v) is 10.7. The number of benzene rings is 2. The number of alkyl halides is 3. The summed E-state index contributed by atoms with van der Waals surface area (Å²) >= 11 is 0. The van der Waals surface area contributed by atoms with Gasteiger partial charge in [0.25, 0.3) is 5.91 Å². The third-order valence-corrected chi connectivity index (χ3v) is 5.54. The third kappa shape index (κ3) is 5.30. The number of urea groups is 1. The number of nitrogens with zero attached hydrogens (tertiary/aromatic N) is 4. The highest BCUT2D eigenvalue weighted by Crippen LogP contribution is 2.30. The second-order valence-electron chi connectivity index (χ2n) is 8.26. The number of rotatable bonds is 4. The van der Waals surface area contributed by atoms with Crippen molar-refractivity contribution in [2.75, 3.05) is 45.6 Å². The number of piperazine rings is 1. The summed E-state index contributed by atoms with van der Waals surface area (Å²) in [6.07, 6.45) is -4.47. The fourth-order valence-corrected chi connectivity index (χ4v) is 3.71. The molecule has 0 bridgehead atoms. The molecule has 1 aromatic heterocycles. The standard InChI is InChI=1S/C23H24F3N5O3/c1-29(2)21(32)15-6-7-19-18(12-15)28-20(34-19)14-30-8-10-31(11-9-30)22(33)27-17-5-3-4-16(13-17)23(24,25)26/h3-7,12-13H,8-11,14H2,1-2H3,(H,27,33). The fraction of sp³-hybridized carbons (Fsp3) is 0.348. The van der Waals surface area contributed by atoms with Gasteiger partial charge in [-0.3, -0.25) is 9.69 Å². The summed E-state index contributed by atoms with van der Waals surface area (Å²) in [6, 6.07) is 9.23. The minimum Gasteiger partial charge on any atom is -0.439 e. The second kappa shape index (κ2) is 9.34. The van der Waals surface area contributed by atoms with E-state index in [2.05, 4.69) is 15.2 Å². The first-order chi connectivity index (χ1) is 16.1. The molecule has 1 fully saturated rings. The van der Waals surface area contributed by atoms with Crippen molar-refractivity contribution < 1.29 is 27.2 Å². The van der Waals surface area contributed by atoms with Gasteiger partial charge in [0.2, 0.25) is 5.89 Å². The van der Waals surface area contributed by atoms with Gasteiger partial charge in [-0.15, -0.1) is 0 Å². The maximum Gasteiger partial charge on any atom is 0.416 e. The first-order valence-electron chi connectivity index (χ1n) is 10.7. The van der Waals surface area contributed by atoms with Gasteiger partial charge in [-0.05, 0) is 36.4 Å². The highest BCUT2D eigenvalue weighted by molar-refractivity contribution is 5.96. The summed E-state index contributed by atoms with van der Waals surface area (Å²) < 4.78 is 44.4. The Morgan fingerprint density at radius 2 is 1.82 bits per heavy atom. The van der Waals surface area contributed by atoms with Crippen LogP contribution in [0.4, 0.5) is 23.7 Å². The maximum atomic E-state index is 12.9. The Morgan fingerprint density at radius 3 is 2.50 bits per heavy atom. The highest BCUT2D eigenvalue weighted by atomic mass is 19.4. The Balaban J connectivity index is 1.33. The van der Waals surface area contributed by atoms with Crippen LogP contribution in [0.2, 0.25) is 0 Å². The molecule has 0 aliphatic carbocycles. The van der Waals surface area contributed by atoms with Crippen LogP contribution in [0, 0.1) is 0 Å². The average molecular weight is 475 g/mol. The van der Waals surface area contributed by atoms with E-state index in [0.717, 1.165) is 12.1 Å². The molecule has 1 aliphatic heterocycles. The number of nitrogens with one attached hydrogen (secondary N) is 1. The van der Waals surface area contributed by atoms with Crippen molar-refractivity contribution >= 4 is 28.7 Å². The van der Waals surface area contributed by atoms with Crippen molar-refractivity contribution in [3.05, 3.63) is 59.5 Å². The SMILES string of the molecule is CN(C)C(=O)c1ccc2oc(CN3CCN(C(=O)Nc4cccc(C(F)(F)F)c4)CC3)nc2c1. The molecule has 0 spiro atoms. The Kier molecular flexibility index (Phi) is 6.47. The smallest absolute Gasteiger partial charge is 0.416 e. The summed E-state index contributed by atoms with van der Waals surface area (Å²) in [5.41, 5.74) is 0.997. The topological polar surface area (TPSA) is 81.9 Å². The van der Waals surface area contributed by atoms with Gasteiger partial charge in [-0.25, -0.2) is 9.78 Å². The molecule has 34 heavy (non-hydrogen) atoms. The lowest BCUT2D eigenvalue weighted by atomic mass is 10.2. The number of amides is 3. The molecule has 0 unspecified atom stereocenters. The fourth-order valence-electron chi connectivity index (χ4n) is 3.71. The van der Waals surface area contributed by atoms with E-state index >= 15 is 0 Å². The number of hydrogen-bond acceptors (Lipinski definition) is 5. The summed E-state index contributed by atoms with van der Waals surface area (Å²) in [6.45, 7) is 2.37. The second-order valence-corrected chi connectivity index (χ2v) is 8.26. The maximum absolute atomic E-state index is 12.9. The van der Waals surface area contributed by atoms with Gasteiger partial charge < -0.3 is 19.5 Å². The summed E-state index contributed by atoms with van der Waals surface area (Å²) in [7, 11) is 3.36. The van der Waals surface area contributed by atoms with E-state index in [1.54, 1.807) is 37.2 Å². The molecule has 2 aromatic carbocycles. The molecule has 3 aromatic rings. The number of hydrogen-bond donors (Lipinski definition) is 1. The predicted molar refractivity (Wildman–Crippen MR) is 119 cm³/mol. The number of anilines is 1. The summed E-state index contributed by atoms with van der Waals surface area (Å²) in [5, 5.41) is 2.54. The van der Waals surface area contributed by atoms with Crippen LogP contribution in [0.1, 0.15) is 21.8 Å². The van der Waals surface area contributed by atoms with Crippen LogP contribution in [0.3, 0.4) is 0 Å². The molecule has 4 rings (SSSR count). The molecule has 0 saturated carbocycles. The van der Waals surface area contributed by atoms with Crippen molar-refractivity contribution in [2.45, 2.75) is 12.7 Å². The molecular formula is C23H24F3N5O3. The largest absolute Gasteiger partial charge is 0.439 e. The number of halogens is 3. The van der Waals surface area contributed by atoms with Gasteiger partial charge in [-0.2, -0.15) is 13.2 Å². The lowest BCUT2D eigenvalue weighted by molar-refractivity contribution is -0.137. The minimum absolute atomic E-state index is 0.0980. The summed E-state index contributed by atoms with van der Waals surface area (Å²) in [4.78, 5) is 34.3. The van der Waals surface area contributed by atoms with Gasteiger partial charge in [0.1, 0.15) is 5.52 Å². The van der Waals surface area contributed by atoms with Crippen molar-refractivity contribution in [2.24, 2.45) is 0 Å². The number of aromatic nitrogens is 1. The zero-order chi connectivity index (χ0) is 24.5. The number of carbonyl (C=O) groups excluding carboxylic acids is 2. The normalized spacial score (nSPS) is 14.9. The van der Waals surface area contributed by atoms with E-state index in [1.165, 1.54) is 17.0 Å². The quantitative estimate of drug-likeness (QED) is 0.619. The van der Waals surface area contributed by atoms with Crippen molar-refractivity contribution in [1.29, 1.82) is 0 Å². The number of carbonyl (C=O) groups is 2. The van der Waals surface area contributed by atoms with Crippen LogP contribution >= 0.6 is 0 Å². The van der Waals surface area contributed by atoms with Crippen molar-refractivity contribution in [3.63, 3.8) is 0 Å². The molecule has 180 valence electrons. The van der Waals surface area contributed by atoms with E-state index in [-0.39, 0.29) is 11.6 Å². The first kappa shape index (κ1) is 23.6. The average Bonchev–Trinajstić information content (AvgIpc) is 3.20. The van der Waals surface area contributed by atoms with Crippen LogP contribution in [-0.4, -0.2) is 71.9 Å². The Bertz CT molecular complexity index is 1200. The monoisotopic (exact) mass is 475 g/mol.